The van der Waals surface area contributed by atoms with E-state index in [9.17, 15) is 0 Å². The summed E-state index contributed by atoms with van der Waals surface area (Å²) in [5, 5.41) is 8.75. The van der Waals surface area contributed by atoms with Crippen LogP contribution < -0.4 is 10.4 Å². The number of hydrogen-bond acceptors (Lipinski definition) is 0. The van der Waals surface area contributed by atoms with Gasteiger partial charge in [0.2, 0.25) is 0 Å². The van der Waals surface area contributed by atoms with Crippen molar-refractivity contribution in [2.45, 2.75) is 26.9 Å². The summed E-state index contributed by atoms with van der Waals surface area (Å²) >= 11 is 0. The summed E-state index contributed by atoms with van der Waals surface area (Å²) in [6, 6.07) is 40.2. The Morgan fingerprint density at radius 3 is 1.33 bits per heavy atom. The number of rotatable bonds is 4. The van der Waals surface area contributed by atoms with E-state index in [4.69, 9.17) is 0 Å². The predicted molar refractivity (Wildman–Crippen MR) is 172 cm³/mol. The van der Waals surface area contributed by atoms with Crippen LogP contribution in [0.1, 0.15) is 11.1 Å². The molecular formula is C37H35SiZr. The molecule has 0 unspecified atom stereocenters. The first kappa shape index (κ1) is 28.8. The summed E-state index contributed by atoms with van der Waals surface area (Å²) in [6.45, 7) is 16.2. The SMILES string of the molecule is C=C[CH2-].Cc1[cH-]c2cccc(-c3ccccc3)c2c1[Si](C)(C)c1c(C)[cH-]c2cccc(-c3ccccc3)c12.[Zr+3]. The number of fused-ring (bicyclic) bond motifs is 2. The maximum absolute atomic E-state index is 3.25. The van der Waals surface area contributed by atoms with E-state index in [-0.39, 0.29) is 26.2 Å². The molecule has 0 saturated carbocycles. The van der Waals surface area contributed by atoms with E-state index in [0.29, 0.717) is 0 Å². The first-order chi connectivity index (χ1) is 18.4. The molecule has 0 aromatic heterocycles. The predicted octanol–water partition coefficient (Wildman–Crippen LogP) is 9.21. The minimum Gasteiger partial charge on any atom is -0.245 e. The van der Waals surface area contributed by atoms with Crippen LogP contribution in [0.4, 0.5) is 0 Å². The van der Waals surface area contributed by atoms with Crippen molar-refractivity contribution in [3.63, 3.8) is 0 Å². The molecule has 0 nitrogen and oxygen atoms in total. The molecule has 0 amide bonds. The molecule has 0 heterocycles. The zero-order valence-electron chi connectivity index (χ0n) is 23.4. The van der Waals surface area contributed by atoms with Gasteiger partial charge in [0.15, 0.2) is 0 Å². The second kappa shape index (κ2) is 11.9. The third kappa shape index (κ3) is 5.21. The van der Waals surface area contributed by atoms with E-state index in [1.165, 1.54) is 61.0 Å². The van der Waals surface area contributed by atoms with Crippen molar-refractivity contribution >= 4 is 40.0 Å². The van der Waals surface area contributed by atoms with Crippen molar-refractivity contribution in [1.29, 1.82) is 0 Å². The van der Waals surface area contributed by atoms with Gasteiger partial charge in [0.05, 0.1) is 0 Å². The fourth-order valence-electron chi connectivity index (χ4n) is 6.40. The Labute approximate surface area is 253 Å². The van der Waals surface area contributed by atoms with Crippen molar-refractivity contribution in [2.24, 2.45) is 0 Å². The number of benzene rings is 4. The minimum absolute atomic E-state index is 0. The Bertz CT molecular complexity index is 1590. The van der Waals surface area contributed by atoms with Gasteiger partial charge in [-0.25, -0.2) is 19.6 Å². The van der Waals surface area contributed by atoms with Crippen LogP contribution in [0, 0.1) is 20.8 Å². The molecule has 0 spiro atoms. The van der Waals surface area contributed by atoms with Crippen molar-refractivity contribution in [2.75, 3.05) is 0 Å². The molecule has 0 N–H and O–H groups in total. The first-order valence-corrected chi connectivity index (χ1v) is 16.3. The standard InChI is InChI=1S/C34H30Si.C3H5.Zr/c1-23-21-27-17-11-19-29(25-13-7-5-8-14-25)31(27)33(23)35(3,4)34-24(2)22-28-18-12-20-30(32(28)34)26-15-9-6-10-16-26;1-3-2;/h5-22H,1-4H3;3H,1-2H2;/q-2;-1;+3. The first-order valence-electron chi connectivity index (χ1n) is 13.3. The quantitative estimate of drug-likeness (QED) is 0.140. The van der Waals surface area contributed by atoms with Crippen LogP contribution in [0.5, 0.6) is 0 Å². The molecule has 0 saturated heterocycles. The molecule has 0 bridgehead atoms. The molecule has 0 aliphatic carbocycles. The number of aryl methyl sites for hydroxylation is 2. The Balaban J connectivity index is 0.000000845. The summed E-state index contributed by atoms with van der Waals surface area (Å²) in [7, 11) is -2.10. The van der Waals surface area contributed by atoms with Crippen LogP contribution >= 0.6 is 0 Å². The van der Waals surface area contributed by atoms with E-state index in [1.54, 1.807) is 10.4 Å². The van der Waals surface area contributed by atoms with E-state index in [1.807, 2.05) is 0 Å². The molecule has 6 rings (SSSR count). The summed E-state index contributed by atoms with van der Waals surface area (Å²) in [5.74, 6) is 0. The monoisotopic (exact) mass is 597 g/mol. The summed E-state index contributed by atoms with van der Waals surface area (Å²) in [4.78, 5) is 0. The van der Waals surface area contributed by atoms with Gasteiger partial charge in [-0.2, -0.15) is 10.4 Å². The zero-order valence-corrected chi connectivity index (χ0v) is 26.8. The maximum atomic E-state index is 3.25. The van der Waals surface area contributed by atoms with Crippen molar-refractivity contribution < 1.29 is 26.2 Å². The van der Waals surface area contributed by atoms with E-state index >= 15 is 0 Å². The van der Waals surface area contributed by atoms with Gasteiger partial charge in [0.25, 0.3) is 0 Å². The molecule has 0 aliphatic heterocycles. The third-order valence-corrected chi connectivity index (χ3v) is 11.4. The van der Waals surface area contributed by atoms with Gasteiger partial charge in [-0.15, -0.1) is 69.1 Å². The average molecular weight is 599 g/mol. The Hall–Kier alpha value is -3.19. The molecule has 191 valence electrons. The van der Waals surface area contributed by atoms with Crippen molar-refractivity contribution in [1.82, 2.24) is 0 Å². The fraction of sp³-hybridized carbons (Fsp3) is 0.108. The normalized spacial score (nSPS) is 11.1. The van der Waals surface area contributed by atoms with E-state index in [2.05, 4.69) is 150 Å². The van der Waals surface area contributed by atoms with Gasteiger partial charge < -0.3 is 0 Å². The van der Waals surface area contributed by atoms with Gasteiger partial charge in [0, 0.05) is 8.07 Å². The van der Waals surface area contributed by atoms with Crippen molar-refractivity contribution in [3.05, 3.63) is 140 Å². The van der Waals surface area contributed by atoms with Gasteiger partial charge >= 0.3 is 26.2 Å². The molecule has 2 heteroatoms. The molecule has 0 atom stereocenters. The van der Waals surface area contributed by atoms with Crippen LogP contribution in [0.25, 0.3) is 43.8 Å². The Kier molecular flexibility index (Phi) is 8.80. The molecule has 1 radical (unpaired) electrons. The number of allylic oxidation sites excluding steroid dienone is 1. The van der Waals surface area contributed by atoms with E-state index in [0.717, 1.165) is 0 Å². The van der Waals surface area contributed by atoms with Crippen LogP contribution in [0.2, 0.25) is 13.1 Å². The molecule has 0 fully saturated rings. The smallest absolute Gasteiger partial charge is 0.245 e. The second-order valence-electron chi connectivity index (χ2n) is 10.6. The fourth-order valence-corrected chi connectivity index (χ4v) is 10.6. The Morgan fingerprint density at radius 2 is 0.974 bits per heavy atom. The second-order valence-corrected chi connectivity index (χ2v) is 14.8. The van der Waals surface area contributed by atoms with Crippen LogP contribution in [0.15, 0.2) is 122 Å². The Morgan fingerprint density at radius 1 is 0.615 bits per heavy atom. The summed E-state index contributed by atoms with van der Waals surface area (Å²) < 4.78 is 0. The van der Waals surface area contributed by atoms with Gasteiger partial charge in [-0.05, 0) is 11.1 Å². The van der Waals surface area contributed by atoms with Gasteiger partial charge in [-0.3, -0.25) is 0 Å². The van der Waals surface area contributed by atoms with Crippen LogP contribution in [0.3, 0.4) is 0 Å². The third-order valence-electron chi connectivity index (χ3n) is 7.65. The zero-order chi connectivity index (χ0) is 26.9. The number of hydrogen-bond donors (Lipinski definition) is 0. The van der Waals surface area contributed by atoms with Crippen LogP contribution in [-0.4, -0.2) is 8.07 Å². The topological polar surface area (TPSA) is 0 Å². The molecular weight excluding hydrogens is 564 g/mol. The largest absolute Gasteiger partial charge is 3.00 e. The molecule has 6 aromatic carbocycles. The van der Waals surface area contributed by atoms with Crippen molar-refractivity contribution in [3.8, 4) is 22.3 Å². The molecule has 6 aromatic rings. The minimum atomic E-state index is -2.10. The summed E-state index contributed by atoms with van der Waals surface area (Å²) in [5.41, 5.74) is 8.14. The molecule has 39 heavy (non-hydrogen) atoms. The average Bonchev–Trinajstić information content (AvgIpc) is 3.46. The maximum Gasteiger partial charge on any atom is 3.00 e. The van der Waals surface area contributed by atoms with E-state index < -0.39 is 8.07 Å². The van der Waals surface area contributed by atoms with Gasteiger partial charge in [-0.1, -0.05) is 111 Å². The molecule has 0 aliphatic rings. The van der Waals surface area contributed by atoms with Crippen LogP contribution in [-0.2, 0) is 26.2 Å². The summed E-state index contributed by atoms with van der Waals surface area (Å²) in [6.07, 6.45) is 1.50. The van der Waals surface area contributed by atoms with Gasteiger partial charge in [0.1, 0.15) is 0 Å².